The van der Waals surface area contributed by atoms with Crippen LogP contribution in [0.1, 0.15) is 79.4 Å². The molecule has 0 heterocycles. The minimum absolute atomic E-state index is 0.0851. The molecular weight excluding hydrogens is 439 g/mol. The van der Waals surface area contributed by atoms with Gasteiger partial charge in [-0.3, -0.25) is 10.2 Å². The number of carbonyl (C=O) groups is 1. The highest BCUT2D eigenvalue weighted by molar-refractivity contribution is 6.13. The number of anilines is 3. The molecule has 0 aliphatic carbocycles. The Bertz CT molecular complexity index is 1170. The number of nitrogen functional groups attached to an aromatic ring is 1. The second-order valence-electron chi connectivity index (χ2n) is 8.78. The van der Waals surface area contributed by atoms with E-state index in [-0.39, 0.29) is 17.6 Å². The summed E-state index contributed by atoms with van der Waals surface area (Å²) in [6, 6.07) is 17.6. The average Bonchev–Trinajstić information content (AvgIpc) is 2.85. The van der Waals surface area contributed by atoms with Gasteiger partial charge in [0.15, 0.2) is 0 Å². The van der Waals surface area contributed by atoms with E-state index in [1.165, 1.54) is 11.6 Å². The number of carbonyl (C=O) groups excluding carboxylic acids is 1. The number of halogens is 1. The Balaban J connectivity index is 1.69. The Morgan fingerprint density at radius 2 is 1.69 bits per heavy atom. The molecule has 0 aliphatic rings. The van der Waals surface area contributed by atoms with E-state index in [1.54, 1.807) is 24.3 Å². The van der Waals surface area contributed by atoms with Crippen molar-refractivity contribution in [2.75, 3.05) is 11.1 Å². The summed E-state index contributed by atoms with van der Waals surface area (Å²) in [6.07, 6.45) is 5.19. The molecule has 0 aliphatic heterocycles. The largest absolute Gasteiger partial charge is 0.398 e. The highest BCUT2D eigenvalue weighted by Crippen LogP contribution is 2.28. The molecule has 0 aromatic heterocycles. The molecule has 0 saturated heterocycles. The lowest BCUT2D eigenvalue weighted by Crippen LogP contribution is -2.31. The normalized spacial score (nSPS) is 10.9. The van der Waals surface area contributed by atoms with Crippen LogP contribution in [0.25, 0.3) is 0 Å². The SMILES string of the molecule is CCCC(CCC)c1ccc(C(=O)NC(=N)c2ccc(Nc3c(F)cccc3CC)cc2N)cc1. The Morgan fingerprint density at radius 3 is 2.29 bits per heavy atom. The third-order valence-corrected chi connectivity index (χ3v) is 6.23. The first-order chi connectivity index (χ1) is 16.9. The fourth-order valence-corrected chi connectivity index (χ4v) is 4.35. The minimum Gasteiger partial charge on any atom is -0.398 e. The van der Waals surface area contributed by atoms with Crippen LogP contribution in [0, 0.1) is 11.2 Å². The molecule has 0 unspecified atom stereocenters. The standard InChI is InChI=1S/C29H35FN4O/c1-4-8-20(9-5-2)21-12-14-22(15-13-21)29(35)34-28(32)24-17-16-23(18-26(24)31)33-27-19(6-3)10-7-11-25(27)30/h7,10-18,20,33H,4-6,8-9,31H2,1-3H3,(H2,32,34,35). The smallest absolute Gasteiger partial charge is 0.256 e. The van der Waals surface area contributed by atoms with Gasteiger partial charge in [-0.25, -0.2) is 4.39 Å². The molecule has 5 N–H and O–H groups in total. The summed E-state index contributed by atoms with van der Waals surface area (Å²) in [6.45, 7) is 6.34. The van der Waals surface area contributed by atoms with E-state index in [4.69, 9.17) is 11.1 Å². The van der Waals surface area contributed by atoms with Gasteiger partial charge >= 0.3 is 0 Å². The van der Waals surface area contributed by atoms with Crippen molar-refractivity contribution < 1.29 is 9.18 Å². The number of aryl methyl sites for hydroxylation is 1. The lowest BCUT2D eigenvalue weighted by Gasteiger charge is -2.16. The van der Waals surface area contributed by atoms with Crippen LogP contribution < -0.4 is 16.4 Å². The predicted molar refractivity (Wildman–Crippen MR) is 143 cm³/mol. The molecule has 0 atom stereocenters. The van der Waals surface area contributed by atoms with Crippen LogP contribution in [0.3, 0.4) is 0 Å². The summed E-state index contributed by atoms with van der Waals surface area (Å²) in [5.74, 6) is -0.276. The lowest BCUT2D eigenvalue weighted by molar-refractivity contribution is 0.0977. The van der Waals surface area contributed by atoms with Crippen LogP contribution in [0.4, 0.5) is 21.5 Å². The molecule has 0 bridgehead atoms. The summed E-state index contributed by atoms with van der Waals surface area (Å²) in [7, 11) is 0. The maximum Gasteiger partial charge on any atom is 0.256 e. The molecule has 0 fully saturated rings. The van der Waals surface area contributed by atoms with E-state index in [0.717, 1.165) is 31.2 Å². The molecular formula is C29H35FN4O. The van der Waals surface area contributed by atoms with Crippen molar-refractivity contribution in [1.82, 2.24) is 5.32 Å². The van der Waals surface area contributed by atoms with Gasteiger partial charge in [0.1, 0.15) is 11.7 Å². The van der Waals surface area contributed by atoms with Crippen molar-refractivity contribution in [3.8, 4) is 0 Å². The third-order valence-electron chi connectivity index (χ3n) is 6.23. The monoisotopic (exact) mass is 474 g/mol. The van der Waals surface area contributed by atoms with Gasteiger partial charge in [0.25, 0.3) is 5.91 Å². The Kier molecular flexibility index (Phi) is 9.01. The van der Waals surface area contributed by atoms with E-state index in [0.29, 0.717) is 40.5 Å². The van der Waals surface area contributed by atoms with Gasteiger partial charge in [0.05, 0.1) is 5.69 Å². The molecule has 3 aromatic carbocycles. The van der Waals surface area contributed by atoms with Crippen LogP contribution in [-0.2, 0) is 6.42 Å². The summed E-state index contributed by atoms with van der Waals surface area (Å²) >= 11 is 0. The molecule has 3 aromatic rings. The van der Waals surface area contributed by atoms with Crippen molar-refractivity contribution in [3.05, 3.63) is 88.7 Å². The third kappa shape index (κ3) is 6.47. The molecule has 3 rings (SSSR count). The van der Waals surface area contributed by atoms with Crippen LogP contribution >= 0.6 is 0 Å². The zero-order valence-corrected chi connectivity index (χ0v) is 20.7. The summed E-state index contributed by atoms with van der Waals surface area (Å²) in [4.78, 5) is 12.7. The summed E-state index contributed by atoms with van der Waals surface area (Å²) < 4.78 is 14.3. The quantitative estimate of drug-likeness (QED) is 0.143. The van der Waals surface area contributed by atoms with Gasteiger partial charge in [0.2, 0.25) is 0 Å². The molecule has 6 heteroatoms. The second kappa shape index (κ2) is 12.2. The molecule has 5 nitrogen and oxygen atoms in total. The molecule has 0 saturated carbocycles. The first-order valence-corrected chi connectivity index (χ1v) is 12.3. The number of hydrogen-bond donors (Lipinski definition) is 4. The number of rotatable bonds is 10. The van der Waals surface area contributed by atoms with Gasteiger partial charge in [-0.05, 0) is 72.7 Å². The second-order valence-corrected chi connectivity index (χ2v) is 8.78. The number of nitrogens with one attached hydrogen (secondary N) is 3. The summed E-state index contributed by atoms with van der Waals surface area (Å²) in [5, 5.41) is 14.1. The highest BCUT2D eigenvalue weighted by Gasteiger charge is 2.15. The van der Waals surface area contributed by atoms with Crippen LogP contribution in [0.15, 0.2) is 60.7 Å². The lowest BCUT2D eigenvalue weighted by atomic mass is 9.90. The van der Waals surface area contributed by atoms with E-state index in [1.807, 2.05) is 37.3 Å². The zero-order chi connectivity index (χ0) is 25.4. The Morgan fingerprint density at radius 1 is 1.00 bits per heavy atom. The minimum atomic E-state index is -0.357. The fraction of sp³-hybridized carbons (Fsp3) is 0.310. The maximum absolute atomic E-state index is 14.3. The van der Waals surface area contributed by atoms with Gasteiger partial charge in [-0.1, -0.05) is 57.9 Å². The van der Waals surface area contributed by atoms with Crippen LogP contribution in [0.5, 0.6) is 0 Å². The van der Waals surface area contributed by atoms with Crippen LogP contribution in [-0.4, -0.2) is 11.7 Å². The van der Waals surface area contributed by atoms with Crippen molar-refractivity contribution in [3.63, 3.8) is 0 Å². The Labute approximate surface area is 207 Å². The topological polar surface area (TPSA) is 91.0 Å². The number of benzene rings is 3. The molecule has 35 heavy (non-hydrogen) atoms. The molecule has 0 radical (unpaired) electrons. The Hall–Kier alpha value is -3.67. The van der Waals surface area contributed by atoms with Crippen molar-refractivity contribution in [1.29, 1.82) is 5.41 Å². The number of amides is 1. The van der Waals surface area contributed by atoms with Crippen molar-refractivity contribution in [2.45, 2.75) is 58.8 Å². The number of amidine groups is 1. The van der Waals surface area contributed by atoms with Gasteiger partial charge < -0.3 is 16.4 Å². The highest BCUT2D eigenvalue weighted by atomic mass is 19.1. The number of para-hydroxylation sites is 1. The first kappa shape index (κ1) is 25.9. The van der Waals surface area contributed by atoms with Gasteiger partial charge in [-0.15, -0.1) is 0 Å². The molecule has 184 valence electrons. The molecule has 0 spiro atoms. The first-order valence-electron chi connectivity index (χ1n) is 12.3. The fourth-order valence-electron chi connectivity index (χ4n) is 4.35. The van der Waals surface area contributed by atoms with Gasteiger partial charge in [0, 0.05) is 22.5 Å². The van der Waals surface area contributed by atoms with Crippen LogP contribution in [0.2, 0.25) is 0 Å². The van der Waals surface area contributed by atoms with Crippen molar-refractivity contribution >= 4 is 28.8 Å². The summed E-state index contributed by atoms with van der Waals surface area (Å²) in [5.41, 5.74) is 10.5. The van der Waals surface area contributed by atoms with E-state index in [9.17, 15) is 9.18 Å². The van der Waals surface area contributed by atoms with E-state index < -0.39 is 0 Å². The maximum atomic E-state index is 14.3. The zero-order valence-electron chi connectivity index (χ0n) is 20.7. The predicted octanol–water partition coefficient (Wildman–Crippen LogP) is 7.15. The van der Waals surface area contributed by atoms with E-state index in [2.05, 4.69) is 24.5 Å². The van der Waals surface area contributed by atoms with Gasteiger partial charge in [-0.2, -0.15) is 0 Å². The number of hydrogen-bond acceptors (Lipinski definition) is 4. The molecule has 1 amide bonds. The number of nitrogens with two attached hydrogens (primary N) is 1. The average molecular weight is 475 g/mol. The van der Waals surface area contributed by atoms with Crippen molar-refractivity contribution in [2.24, 2.45) is 0 Å². The van der Waals surface area contributed by atoms with E-state index >= 15 is 0 Å².